The maximum atomic E-state index is 14.9. The minimum atomic E-state index is -1.40. The molecule has 2 aliphatic carbocycles. The number of hydrogen-bond acceptors (Lipinski definition) is 3. The average Bonchev–Trinajstić information content (AvgIpc) is 3.42. The van der Waals surface area contributed by atoms with Gasteiger partial charge < -0.3 is 9.47 Å². The van der Waals surface area contributed by atoms with Gasteiger partial charge in [0.05, 0.1) is 12.5 Å². The number of fused-ring (bicyclic) bond motifs is 1. The minimum absolute atomic E-state index is 0.195. The molecule has 0 spiro atoms. The van der Waals surface area contributed by atoms with Gasteiger partial charge in [-0.05, 0) is 74.1 Å². The third-order valence-electron chi connectivity index (χ3n) is 7.37. The molecule has 2 aromatic rings. The van der Waals surface area contributed by atoms with Crippen LogP contribution in [0.1, 0.15) is 58.8 Å². The molecule has 7 heteroatoms. The Kier molecular flexibility index (Phi) is 7.48. The first-order valence-corrected chi connectivity index (χ1v) is 12.2. The Morgan fingerprint density at radius 1 is 0.794 bits per heavy atom. The Hall–Kier alpha value is -2.57. The van der Waals surface area contributed by atoms with Crippen LogP contribution in [0.25, 0.3) is 11.1 Å². The topological polar surface area (TPSA) is 35.5 Å². The molecule has 2 saturated carbocycles. The monoisotopic (exact) mass is 478 g/mol. The van der Waals surface area contributed by atoms with Crippen LogP contribution in [-0.2, 0) is 4.79 Å². The number of carbonyl (C=O) groups is 1. The van der Waals surface area contributed by atoms with Gasteiger partial charge in [0, 0.05) is 11.1 Å². The van der Waals surface area contributed by atoms with Crippen molar-refractivity contribution in [3.8, 4) is 22.6 Å². The fourth-order valence-corrected chi connectivity index (χ4v) is 5.81. The number of halogens is 4. The zero-order chi connectivity index (χ0) is 24.4. The van der Waals surface area contributed by atoms with Gasteiger partial charge in [-0.25, -0.2) is 8.78 Å². The highest BCUT2D eigenvalue weighted by atomic mass is 19.2. The van der Waals surface area contributed by atoms with E-state index in [0.29, 0.717) is 24.7 Å². The molecule has 184 valence electrons. The molecule has 0 aliphatic heterocycles. The van der Waals surface area contributed by atoms with Gasteiger partial charge in [0.2, 0.25) is 11.6 Å². The van der Waals surface area contributed by atoms with E-state index in [2.05, 4.69) is 6.92 Å². The molecular formula is C27H30F4O3. The van der Waals surface area contributed by atoms with Crippen molar-refractivity contribution in [3.05, 3.63) is 47.5 Å². The summed E-state index contributed by atoms with van der Waals surface area (Å²) in [5, 5.41) is 0. The number of esters is 1. The van der Waals surface area contributed by atoms with Crippen molar-refractivity contribution in [1.82, 2.24) is 0 Å². The Labute approximate surface area is 197 Å². The molecule has 2 aromatic carbocycles. The van der Waals surface area contributed by atoms with Crippen molar-refractivity contribution in [3.63, 3.8) is 0 Å². The number of carbonyl (C=O) groups excluding carboxylic acids is 1. The highest BCUT2D eigenvalue weighted by molar-refractivity contribution is 5.76. The van der Waals surface area contributed by atoms with E-state index in [4.69, 9.17) is 9.47 Å². The highest BCUT2D eigenvalue weighted by Gasteiger charge is 2.47. The van der Waals surface area contributed by atoms with Crippen molar-refractivity contribution < 1.29 is 31.8 Å². The Morgan fingerprint density at radius 2 is 1.41 bits per heavy atom. The first-order valence-electron chi connectivity index (χ1n) is 12.2. The van der Waals surface area contributed by atoms with Gasteiger partial charge >= 0.3 is 5.97 Å². The van der Waals surface area contributed by atoms with Gasteiger partial charge in [-0.1, -0.05) is 26.7 Å². The summed E-state index contributed by atoms with van der Waals surface area (Å²) >= 11 is 0. The number of hydrogen-bond donors (Lipinski definition) is 0. The van der Waals surface area contributed by atoms with E-state index in [-0.39, 0.29) is 24.2 Å². The SMILES string of the molecule is CCCOc1ccc(-c2ccc(OC(=O)C3CCC4C(CCC)CCC34)c(F)c2F)c(F)c1F. The maximum Gasteiger partial charge on any atom is 0.314 e. The largest absolute Gasteiger partial charge is 0.490 e. The molecule has 0 amide bonds. The molecule has 2 fully saturated rings. The number of rotatable bonds is 8. The summed E-state index contributed by atoms with van der Waals surface area (Å²) in [4.78, 5) is 12.8. The summed E-state index contributed by atoms with van der Waals surface area (Å²) in [6.07, 6.45) is 6.54. The predicted molar refractivity (Wildman–Crippen MR) is 120 cm³/mol. The van der Waals surface area contributed by atoms with Crippen LogP contribution < -0.4 is 9.47 Å². The lowest BCUT2D eigenvalue weighted by Gasteiger charge is -2.20. The molecule has 4 atom stereocenters. The first-order chi connectivity index (χ1) is 16.4. The van der Waals surface area contributed by atoms with E-state index >= 15 is 0 Å². The van der Waals surface area contributed by atoms with Gasteiger partial charge in [-0.2, -0.15) is 8.78 Å². The third kappa shape index (κ3) is 4.53. The van der Waals surface area contributed by atoms with Crippen LogP contribution in [0.3, 0.4) is 0 Å². The van der Waals surface area contributed by atoms with Crippen LogP contribution in [0.2, 0.25) is 0 Å². The molecule has 0 bridgehead atoms. The van der Waals surface area contributed by atoms with Gasteiger partial charge in [0.15, 0.2) is 23.1 Å². The number of benzene rings is 2. The Bertz CT molecular complexity index is 1050. The van der Waals surface area contributed by atoms with Crippen LogP contribution in [0.5, 0.6) is 11.5 Å². The second-order valence-electron chi connectivity index (χ2n) is 9.39. The van der Waals surface area contributed by atoms with Crippen molar-refractivity contribution in [1.29, 1.82) is 0 Å². The molecule has 0 saturated heterocycles. The fourth-order valence-electron chi connectivity index (χ4n) is 5.81. The molecule has 0 radical (unpaired) electrons. The lowest BCUT2D eigenvalue weighted by molar-refractivity contribution is -0.140. The predicted octanol–water partition coefficient (Wildman–Crippen LogP) is 7.46. The summed E-state index contributed by atoms with van der Waals surface area (Å²) in [6.45, 7) is 4.17. The van der Waals surface area contributed by atoms with Crippen LogP contribution in [0.4, 0.5) is 17.6 Å². The molecule has 3 nitrogen and oxygen atoms in total. The van der Waals surface area contributed by atoms with Crippen LogP contribution in [-0.4, -0.2) is 12.6 Å². The lowest BCUT2D eigenvalue weighted by Crippen LogP contribution is -2.25. The Morgan fingerprint density at radius 3 is 2.06 bits per heavy atom. The van der Waals surface area contributed by atoms with Gasteiger partial charge in [-0.15, -0.1) is 0 Å². The maximum absolute atomic E-state index is 14.9. The van der Waals surface area contributed by atoms with Gasteiger partial charge in [0.25, 0.3) is 0 Å². The van der Waals surface area contributed by atoms with Crippen LogP contribution in [0, 0.1) is 46.9 Å². The second-order valence-corrected chi connectivity index (χ2v) is 9.39. The first kappa shape index (κ1) is 24.6. The smallest absolute Gasteiger partial charge is 0.314 e. The van der Waals surface area contributed by atoms with E-state index in [9.17, 15) is 22.4 Å². The second kappa shape index (κ2) is 10.4. The number of ether oxygens (including phenoxy) is 2. The van der Waals surface area contributed by atoms with Crippen LogP contribution in [0.15, 0.2) is 24.3 Å². The minimum Gasteiger partial charge on any atom is -0.490 e. The summed E-state index contributed by atoms with van der Waals surface area (Å²) in [7, 11) is 0. The van der Waals surface area contributed by atoms with Crippen molar-refractivity contribution in [2.45, 2.75) is 58.8 Å². The lowest BCUT2D eigenvalue weighted by atomic mass is 9.87. The summed E-state index contributed by atoms with van der Waals surface area (Å²) < 4.78 is 69.0. The van der Waals surface area contributed by atoms with E-state index in [1.165, 1.54) is 6.07 Å². The zero-order valence-electron chi connectivity index (χ0n) is 19.5. The average molecular weight is 479 g/mol. The molecule has 0 aromatic heterocycles. The standard InChI is InChI=1S/C27H30F4O3/c1-3-5-15-6-7-17-16(15)8-9-20(17)27(32)34-22-13-11-19(24(29)26(22)31)18-10-12-21(33-14-4-2)25(30)23(18)28/h10-13,15-17,20H,3-9,14H2,1-2H3. The Balaban J connectivity index is 1.52. The molecule has 4 unspecified atom stereocenters. The van der Waals surface area contributed by atoms with Crippen molar-refractivity contribution >= 4 is 5.97 Å². The van der Waals surface area contributed by atoms with E-state index in [1.54, 1.807) is 0 Å². The normalized spacial score (nSPS) is 23.7. The molecule has 0 N–H and O–H groups in total. The molecule has 34 heavy (non-hydrogen) atoms. The summed E-state index contributed by atoms with van der Waals surface area (Å²) in [5.41, 5.74) is -0.906. The fraction of sp³-hybridized carbons (Fsp3) is 0.519. The summed E-state index contributed by atoms with van der Waals surface area (Å²) in [6, 6.07) is 4.50. The molecule has 2 aliphatic rings. The zero-order valence-corrected chi connectivity index (χ0v) is 19.5. The molecular weight excluding hydrogens is 448 g/mol. The van der Waals surface area contributed by atoms with E-state index < -0.39 is 46.1 Å². The molecule has 4 rings (SSSR count). The van der Waals surface area contributed by atoms with Crippen molar-refractivity contribution in [2.75, 3.05) is 6.61 Å². The van der Waals surface area contributed by atoms with Gasteiger partial charge in [-0.3, -0.25) is 4.79 Å². The van der Waals surface area contributed by atoms with E-state index in [0.717, 1.165) is 50.3 Å². The van der Waals surface area contributed by atoms with Gasteiger partial charge in [0.1, 0.15) is 0 Å². The van der Waals surface area contributed by atoms with E-state index in [1.807, 2.05) is 6.92 Å². The van der Waals surface area contributed by atoms with Crippen molar-refractivity contribution in [2.24, 2.45) is 23.7 Å². The molecule has 0 heterocycles. The summed E-state index contributed by atoms with van der Waals surface area (Å²) in [5.74, 6) is -5.78. The van der Waals surface area contributed by atoms with Crippen LogP contribution >= 0.6 is 0 Å². The highest BCUT2D eigenvalue weighted by Crippen LogP contribution is 2.52. The third-order valence-corrected chi connectivity index (χ3v) is 7.37. The quantitative estimate of drug-likeness (QED) is 0.224.